The number of ether oxygens (including phenoxy) is 1. The molecule has 1 fully saturated rings. The Hall–Kier alpha value is -1.13. The molecule has 2 rings (SSSR count). The molecule has 0 aliphatic carbocycles. The fourth-order valence-corrected chi connectivity index (χ4v) is 2.02. The van der Waals surface area contributed by atoms with Gasteiger partial charge in [0.2, 0.25) is 0 Å². The molecular formula is C12H16FNO2. The van der Waals surface area contributed by atoms with Crippen molar-refractivity contribution in [2.75, 3.05) is 19.7 Å². The maximum atomic E-state index is 13.1. The largest absolute Gasteiger partial charge is 0.508 e. The minimum absolute atomic E-state index is 0.0173. The van der Waals surface area contributed by atoms with E-state index < -0.39 is 5.82 Å². The number of phenols is 1. The van der Waals surface area contributed by atoms with E-state index >= 15 is 0 Å². The molecule has 1 atom stereocenters. The molecule has 1 aromatic rings. The number of phenolic OH excluding ortho intramolecular Hbond substituents is 1. The number of rotatable bonds is 2. The molecule has 0 saturated carbocycles. The van der Waals surface area contributed by atoms with Crippen LogP contribution in [0.15, 0.2) is 18.2 Å². The van der Waals surface area contributed by atoms with E-state index in [0.717, 1.165) is 24.7 Å². The van der Waals surface area contributed by atoms with Gasteiger partial charge >= 0.3 is 0 Å². The van der Waals surface area contributed by atoms with Gasteiger partial charge in [0.1, 0.15) is 11.6 Å². The van der Waals surface area contributed by atoms with Gasteiger partial charge in [-0.15, -0.1) is 0 Å². The zero-order chi connectivity index (χ0) is 11.5. The van der Waals surface area contributed by atoms with E-state index in [0.29, 0.717) is 13.2 Å². The lowest BCUT2D eigenvalue weighted by Crippen LogP contribution is -2.40. The predicted molar refractivity (Wildman–Crippen MR) is 58.8 cm³/mol. The summed E-state index contributed by atoms with van der Waals surface area (Å²) in [5, 5.41) is 9.29. The van der Waals surface area contributed by atoms with Gasteiger partial charge < -0.3 is 9.84 Å². The second-order valence-corrected chi connectivity index (χ2v) is 4.23. The zero-order valence-electron chi connectivity index (χ0n) is 9.32. The number of hydrogen-bond acceptors (Lipinski definition) is 3. The van der Waals surface area contributed by atoms with E-state index in [1.54, 1.807) is 6.07 Å². The fraction of sp³-hybridized carbons (Fsp3) is 0.500. The van der Waals surface area contributed by atoms with Gasteiger partial charge in [0.25, 0.3) is 0 Å². The van der Waals surface area contributed by atoms with Crippen molar-refractivity contribution in [1.29, 1.82) is 0 Å². The lowest BCUT2D eigenvalue weighted by Gasteiger charge is -2.31. The van der Waals surface area contributed by atoms with E-state index in [1.165, 1.54) is 6.07 Å². The van der Waals surface area contributed by atoms with Crippen LogP contribution in [0.25, 0.3) is 0 Å². The average Bonchev–Trinajstić information content (AvgIpc) is 2.15. The van der Waals surface area contributed by atoms with Crippen LogP contribution in [0.4, 0.5) is 4.39 Å². The lowest BCUT2D eigenvalue weighted by atomic mass is 10.1. The van der Waals surface area contributed by atoms with Gasteiger partial charge in [0.05, 0.1) is 12.7 Å². The van der Waals surface area contributed by atoms with Crippen LogP contribution in [0.2, 0.25) is 0 Å². The topological polar surface area (TPSA) is 32.7 Å². The Morgan fingerprint density at radius 2 is 2.31 bits per heavy atom. The van der Waals surface area contributed by atoms with Crippen molar-refractivity contribution in [3.63, 3.8) is 0 Å². The lowest BCUT2D eigenvalue weighted by molar-refractivity contribution is -0.0212. The zero-order valence-corrected chi connectivity index (χ0v) is 9.32. The van der Waals surface area contributed by atoms with Crippen LogP contribution in [0, 0.1) is 5.82 Å². The highest BCUT2D eigenvalue weighted by molar-refractivity contribution is 5.28. The molecule has 1 unspecified atom stereocenters. The molecule has 0 amide bonds. The van der Waals surface area contributed by atoms with Crippen molar-refractivity contribution in [3.05, 3.63) is 29.6 Å². The van der Waals surface area contributed by atoms with Crippen molar-refractivity contribution in [2.24, 2.45) is 0 Å². The number of benzene rings is 1. The molecule has 4 heteroatoms. The highest BCUT2D eigenvalue weighted by Gasteiger charge is 2.16. The smallest absolute Gasteiger partial charge is 0.127 e. The molecular weight excluding hydrogens is 209 g/mol. The van der Waals surface area contributed by atoms with Crippen molar-refractivity contribution < 1.29 is 14.2 Å². The molecule has 0 radical (unpaired) electrons. The third-order valence-corrected chi connectivity index (χ3v) is 2.67. The molecule has 1 heterocycles. The molecule has 16 heavy (non-hydrogen) atoms. The van der Waals surface area contributed by atoms with E-state index in [4.69, 9.17) is 4.74 Å². The van der Waals surface area contributed by atoms with E-state index in [9.17, 15) is 9.50 Å². The first kappa shape index (κ1) is 11.4. The SMILES string of the molecule is CC1CN(Cc2cc(O)cc(F)c2)CCO1. The minimum Gasteiger partial charge on any atom is -0.508 e. The Labute approximate surface area is 94.4 Å². The quantitative estimate of drug-likeness (QED) is 0.832. The molecule has 3 nitrogen and oxygen atoms in total. The summed E-state index contributed by atoms with van der Waals surface area (Å²) in [5.41, 5.74) is 0.798. The molecule has 0 spiro atoms. The van der Waals surface area contributed by atoms with Crippen LogP contribution < -0.4 is 0 Å². The summed E-state index contributed by atoms with van der Waals surface area (Å²) in [6, 6.07) is 4.18. The first-order valence-corrected chi connectivity index (χ1v) is 5.46. The molecule has 1 aliphatic heterocycles. The second kappa shape index (κ2) is 4.80. The number of hydrogen-bond donors (Lipinski definition) is 1. The fourth-order valence-electron chi connectivity index (χ4n) is 2.02. The maximum absolute atomic E-state index is 13.1. The summed E-state index contributed by atoms with van der Waals surface area (Å²) in [6.07, 6.45) is 0.218. The van der Waals surface area contributed by atoms with Crippen LogP contribution in [0.1, 0.15) is 12.5 Å². The highest BCUT2D eigenvalue weighted by atomic mass is 19.1. The normalized spacial score (nSPS) is 22.2. The van der Waals surface area contributed by atoms with Crippen LogP contribution >= 0.6 is 0 Å². The van der Waals surface area contributed by atoms with Crippen molar-refractivity contribution in [1.82, 2.24) is 4.90 Å². The van der Waals surface area contributed by atoms with Crippen LogP contribution in [-0.2, 0) is 11.3 Å². The Morgan fingerprint density at radius 3 is 3.00 bits per heavy atom. The van der Waals surface area contributed by atoms with Crippen molar-refractivity contribution in [3.8, 4) is 5.75 Å². The third-order valence-electron chi connectivity index (χ3n) is 2.67. The highest BCUT2D eigenvalue weighted by Crippen LogP contribution is 2.17. The second-order valence-electron chi connectivity index (χ2n) is 4.23. The number of aromatic hydroxyl groups is 1. The molecule has 1 saturated heterocycles. The summed E-state index contributed by atoms with van der Waals surface area (Å²) in [6.45, 7) is 5.08. The van der Waals surface area contributed by atoms with Crippen LogP contribution in [0.3, 0.4) is 0 Å². The van der Waals surface area contributed by atoms with E-state index in [2.05, 4.69) is 4.90 Å². The number of nitrogens with zero attached hydrogens (tertiary/aromatic N) is 1. The Balaban J connectivity index is 2.02. The summed E-state index contributed by atoms with van der Waals surface area (Å²) in [5.74, 6) is -0.410. The number of morpholine rings is 1. The summed E-state index contributed by atoms with van der Waals surface area (Å²) in [7, 11) is 0. The summed E-state index contributed by atoms with van der Waals surface area (Å²) < 4.78 is 18.5. The minimum atomic E-state index is -0.392. The maximum Gasteiger partial charge on any atom is 0.127 e. The van der Waals surface area contributed by atoms with Gasteiger partial charge in [0.15, 0.2) is 0 Å². The van der Waals surface area contributed by atoms with E-state index in [1.807, 2.05) is 6.92 Å². The first-order chi connectivity index (χ1) is 7.63. The van der Waals surface area contributed by atoms with Gasteiger partial charge in [-0.3, -0.25) is 4.90 Å². The Kier molecular flexibility index (Phi) is 3.41. The monoisotopic (exact) mass is 225 g/mol. The Bertz CT molecular complexity index is 350. The molecule has 1 aliphatic rings. The Morgan fingerprint density at radius 1 is 1.50 bits per heavy atom. The van der Waals surface area contributed by atoms with Crippen molar-refractivity contribution >= 4 is 0 Å². The molecule has 0 bridgehead atoms. The average molecular weight is 225 g/mol. The van der Waals surface area contributed by atoms with E-state index in [-0.39, 0.29) is 11.9 Å². The van der Waals surface area contributed by atoms with Crippen LogP contribution in [0.5, 0.6) is 5.75 Å². The molecule has 88 valence electrons. The summed E-state index contributed by atoms with van der Waals surface area (Å²) in [4.78, 5) is 2.20. The third kappa shape index (κ3) is 2.93. The van der Waals surface area contributed by atoms with Gasteiger partial charge in [0, 0.05) is 25.7 Å². The number of halogens is 1. The molecule has 1 aromatic carbocycles. The van der Waals surface area contributed by atoms with Crippen molar-refractivity contribution in [2.45, 2.75) is 19.6 Å². The van der Waals surface area contributed by atoms with Gasteiger partial charge in [-0.25, -0.2) is 4.39 Å². The summed E-state index contributed by atoms with van der Waals surface area (Å²) >= 11 is 0. The van der Waals surface area contributed by atoms with Crippen LogP contribution in [-0.4, -0.2) is 35.8 Å². The first-order valence-electron chi connectivity index (χ1n) is 5.46. The molecule has 1 N–H and O–H groups in total. The van der Waals surface area contributed by atoms with Gasteiger partial charge in [-0.2, -0.15) is 0 Å². The standard InChI is InChI=1S/C12H16FNO2/c1-9-7-14(2-3-16-9)8-10-4-11(13)6-12(15)5-10/h4-6,9,15H,2-3,7-8H2,1H3. The molecule has 0 aromatic heterocycles. The van der Waals surface area contributed by atoms with Gasteiger partial charge in [-0.05, 0) is 24.6 Å². The predicted octanol–water partition coefficient (Wildman–Crippen LogP) is 1.75. The van der Waals surface area contributed by atoms with Gasteiger partial charge in [-0.1, -0.05) is 0 Å².